The third-order valence-electron chi connectivity index (χ3n) is 3.64. The van der Waals surface area contributed by atoms with E-state index in [4.69, 9.17) is 0 Å². The molecule has 1 aliphatic rings. The highest BCUT2D eigenvalue weighted by Crippen LogP contribution is 2.23. The van der Waals surface area contributed by atoms with Gasteiger partial charge < -0.3 is 0 Å². The van der Waals surface area contributed by atoms with Crippen molar-refractivity contribution in [2.75, 3.05) is 13.1 Å². The van der Waals surface area contributed by atoms with Crippen LogP contribution in [0.5, 0.6) is 0 Å². The summed E-state index contributed by atoms with van der Waals surface area (Å²) in [7, 11) is 0. The molecule has 0 aromatic rings. The summed E-state index contributed by atoms with van der Waals surface area (Å²) in [5.41, 5.74) is -0.262. The van der Waals surface area contributed by atoms with Crippen molar-refractivity contribution < 1.29 is 4.79 Å². The van der Waals surface area contributed by atoms with Crippen molar-refractivity contribution in [3.05, 3.63) is 12.7 Å². The number of carbonyl (C=O) groups is 1. The van der Waals surface area contributed by atoms with E-state index in [1.54, 1.807) is 0 Å². The van der Waals surface area contributed by atoms with Gasteiger partial charge in [-0.2, -0.15) is 0 Å². The van der Waals surface area contributed by atoms with Crippen LogP contribution in [0.25, 0.3) is 0 Å². The van der Waals surface area contributed by atoms with E-state index in [2.05, 4.69) is 25.3 Å². The summed E-state index contributed by atoms with van der Waals surface area (Å²) in [6.07, 6.45) is 8.27. The van der Waals surface area contributed by atoms with Gasteiger partial charge in [-0.15, -0.1) is 6.58 Å². The Bertz CT molecular complexity index is 239. The number of hydrogen-bond donors (Lipinski definition) is 0. The van der Waals surface area contributed by atoms with Gasteiger partial charge in [0.25, 0.3) is 0 Å². The molecule has 0 aliphatic carbocycles. The Hall–Kier alpha value is -0.630. The maximum Gasteiger partial charge on any atom is 0.152 e. The number of rotatable bonds is 6. The molecular weight excluding hydrogens is 198 g/mol. The number of ketones is 1. The first-order valence-electron chi connectivity index (χ1n) is 6.48. The van der Waals surface area contributed by atoms with Crippen molar-refractivity contribution in [3.63, 3.8) is 0 Å². The van der Waals surface area contributed by atoms with Gasteiger partial charge in [0.2, 0.25) is 0 Å². The first kappa shape index (κ1) is 13.4. The van der Waals surface area contributed by atoms with Gasteiger partial charge in [0.1, 0.15) is 0 Å². The Morgan fingerprint density at radius 2 is 1.94 bits per heavy atom. The zero-order valence-electron chi connectivity index (χ0n) is 10.8. The van der Waals surface area contributed by atoms with Crippen LogP contribution in [0.1, 0.15) is 52.4 Å². The lowest BCUT2D eigenvalue weighted by atomic mass is 9.91. The zero-order chi connectivity index (χ0) is 12.0. The van der Waals surface area contributed by atoms with Gasteiger partial charge >= 0.3 is 0 Å². The van der Waals surface area contributed by atoms with Crippen LogP contribution in [-0.4, -0.2) is 29.3 Å². The van der Waals surface area contributed by atoms with Gasteiger partial charge in [0, 0.05) is 6.42 Å². The number of Topliss-reactive ketones (excluding diaryl/α,β-unsaturated/α-hetero) is 1. The summed E-state index contributed by atoms with van der Waals surface area (Å²) in [5, 5.41) is 0. The van der Waals surface area contributed by atoms with E-state index >= 15 is 0 Å². The molecule has 1 fully saturated rings. The molecule has 16 heavy (non-hydrogen) atoms. The normalized spacial score (nSPS) is 18.4. The van der Waals surface area contributed by atoms with Crippen LogP contribution in [0, 0.1) is 0 Å². The van der Waals surface area contributed by atoms with E-state index < -0.39 is 0 Å². The first-order valence-corrected chi connectivity index (χ1v) is 6.48. The highest BCUT2D eigenvalue weighted by molar-refractivity contribution is 5.87. The van der Waals surface area contributed by atoms with Crippen LogP contribution in [0.4, 0.5) is 0 Å². The monoisotopic (exact) mass is 223 g/mol. The van der Waals surface area contributed by atoms with Crippen molar-refractivity contribution in [1.82, 2.24) is 4.90 Å². The Balaban J connectivity index is 2.46. The molecule has 0 N–H and O–H groups in total. The molecule has 0 radical (unpaired) electrons. The minimum Gasteiger partial charge on any atom is -0.298 e. The van der Waals surface area contributed by atoms with Gasteiger partial charge in [-0.1, -0.05) is 12.5 Å². The summed E-state index contributed by atoms with van der Waals surface area (Å²) in [6, 6.07) is 0. The van der Waals surface area contributed by atoms with Crippen LogP contribution in [0.3, 0.4) is 0 Å². The lowest BCUT2D eigenvalue weighted by Crippen LogP contribution is -2.52. The minimum atomic E-state index is -0.262. The minimum absolute atomic E-state index is 0.262. The van der Waals surface area contributed by atoms with E-state index in [1.165, 1.54) is 19.3 Å². The molecule has 0 aromatic heterocycles. The molecule has 1 heterocycles. The molecule has 1 aliphatic heterocycles. The third-order valence-corrected chi connectivity index (χ3v) is 3.64. The van der Waals surface area contributed by atoms with Crippen LogP contribution < -0.4 is 0 Å². The molecule has 0 amide bonds. The standard InChI is InChI=1S/C14H25NO/c1-4-5-7-10-13(16)14(2,3)15-11-8-6-9-12-15/h4H,1,5-12H2,2-3H3. The number of hydrogen-bond acceptors (Lipinski definition) is 2. The summed E-state index contributed by atoms with van der Waals surface area (Å²) in [5.74, 6) is 0.385. The fraction of sp³-hybridized carbons (Fsp3) is 0.786. The molecule has 2 heteroatoms. The van der Waals surface area contributed by atoms with E-state index in [-0.39, 0.29) is 5.54 Å². The maximum atomic E-state index is 12.2. The fourth-order valence-electron chi connectivity index (χ4n) is 2.34. The number of unbranched alkanes of at least 4 members (excludes halogenated alkanes) is 1. The second kappa shape index (κ2) is 6.19. The lowest BCUT2D eigenvalue weighted by molar-refractivity contribution is -0.130. The smallest absolute Gasteiger partial charge is 0.152 e. The predicted molar refractivity (Wildman–Crippen MR) is 68.6 cm³/mol. The summed E-state index contributed by atoms with van der Waals surface area (Å²) < 4.78 is 0. The van der Waals surface area contributed by atoms with Gasteiger partial charge in [-0.3, -0.25) is 9.69 Å². The number of carbonyl (C=O) groups excluding carboxylic acids is 1. The molecule has 0 unspecified atom stereocenters. The number of likely N-dealkylation sites (tertiary alicyclic amines) is 1. The average molecular weight is 223 g/mol. The number of nitrogens with zero attached hydrogens (tertiary/aromatic N) is 1. The highest BCUT2D eigenvalue weighted by Gasteiger charge is 2.33. The topological polar surface area (TPSA) is 20.3 Å². The van der Waals surface area contributed by atoms with Crippen LogP contribution in [0.15, 0.2) is 12.7 Å². The summed E-state index contributed by atoms with van der Waals surface area (Å²) >= 11 is 0. The van der Waals surface area contributed by atoms with E-state index in [1.807, 2.05) is 6.08 Å². The maximum absolute atomic E-state index is 12.2. The Morgan fingerprint density at radius 3 is 2.50 bits per heavy atom. The second-order valence-corrected chi connectivity index (χ2v) is 5.21. The molecule has 1 saturated heterocycles. The van der Waals surface area contributed by atoms with Crippen LogP contribution in [-0.2, 0) is 4.79 Å². The summed E-state index contributed by atoms with van der Waals surface area (Å²) in [6.45, 7) is 10.0. The van der Waals surface area contributed by atoms with Gasteiger partial charge in [-0.25, -0.2) is 0 Å². The second-order valence-electron chi connectivity index (χ2n) is 5.21. The van der Waals surface area contributed by atoms with Crippen LogP contribution in [0.2, 0.25) is 0 Å². The van der Waals surface area contributed by atoms with Crippen molar-refractivity contribution in [1.29, 1.82) is 0 Å². The molecule has 0 bridgehead atoms. The largest absolute Gasteiger partial charge is 0.298 e. The molecule has 92 valence electrons. The number of allylic oxidation sites excluding steroid dienone is 1. The molecular formula is C14H25NO. The van der Waals surface area contributed by atoms with Gasteiger partial charge in [0.05, 0.1) is 5.54 Å². The molecule has 2 nitrogen and oxygen atoms in total. The molecule has 0 spiro atoms. The SMILES string of the molecule is C=CCCCC(=O)C(C)(C)N1CCCCC1. The van der Waals surface area contributed by atoms with Crippen molar-refractivity contribution in [2.24, 2.45) is 0 Å². The third kappa shape index (κ3) is 3.44. The van der Waals surface area contributed by atoms with Crippen LogP contribution >= 0.6 is 0 Å². The quantitative estimate of drug-likeness (QED) is 0.509. The molecule has 0 aromatic carbocycles. The predicted octanol–water partition coefficient (Wildman–Crippen LogP) is 3.18. The zero-order valence-corrected chi connectivity index (χ0v) is 10.8. The van der Waals surface area contributed by atoms with Crippen molar-refractivity contribution in [2.45, 2.75) is 57.9 Å². The van der Waals surface area contributed by atoms with Crippen molar-refractivity contribution >= 4 is 5.78 Å². The van der Waals surface area contributed by atoms with Gasteiger partial charge in [0.15, 0.2) is 5.78 Å². The highest BCUT2D eigenvalue weighted by atomic mass is 16.1. The summed E-state index contributed by atoms with van der Waals surface area (Å²) in [4.78, 5) is 14.5. The van der Waals surface area contributed by atoms with Crippen molar-refractivity contribution in [3.8, 4) is 0 Å². The van der Waals surface area contributed by atoms with E-state index in [9.17, 15) is 4.79 Å². The Kier molecular flexibility index (Phi) is 5.20. The molecule has 1 rings (SSSR count). The number of piperidine rings is 1. The average Bonchev–Trinajstić information content (AvgIpc) is 2.30. The Morgan fingerprint density at radius 1 is 1.31 bits per heavy atom. The lowest BCUT2D eigenvalue weighted by Gasteiger charge is -2.39. The Labute approximate surface area is 99.7 Å². The molecule has 0 atom stereocenters. The first-order chi connectivity index (χ1) is 7.59. The molecule has 0 saturated carbocycles. The fourth-order valence-corrected chi connectivity index (χ4v) is 2.34. The van der Waals surface area contributed by atoms with E-state index in [0.717, 1.165) is 25.9 Å². The van der Waals surface area contributed by atoms with E-state index in [0.29, 0.717) is 12.2 Å². The van der Waals surface area contributed by atoms with Gasteiger partial charge in [-0.05, 0) is 52.6 Å².